The van der Waals surface area contributed by atoms with E-state index in [4.69, 9.17) is 0 Å². The predicted octanol–water partition coefficient (Wildman–Crippen LogP) is 1.39. The molecule has 0 aliphatic heterocycles. The van der Waals surface area contributed by atoms with Gasteiger partial charge < -0.3 is 9.80 Å². The average Bonchev–Trinajstić information content (AvgIpc) is 2.21. The van der Waals surface area contributed by atoms with Crippen LogP contribution in [0.25, 0.3) is 0 Å². The predicted molar refractivity (Wildman–Crippen MR) is 55.9 cm³/mol. The average molecular weight is 252 g/mol. The number of alkyl halides is 3. The fourth-order valence-corrected chi connectivity index (χ4v) is 1.07. The first kappa shape index (κ1) is 15.5. The van der Waals surface area contributed by atoms with E-state index < -0.39 is 17.9 Å². The molecule has 0 saturated carbocycles. The van der Waals surface area contributed by atoms with Crippen LogP contribution >= 0.6 is 0 Å². The van der Waals surface area contributed by atoms with Gasteiger partial charge in [-0.3, -0.25) is 9.59 Å². The summed E-state index contributed by atoms with van der Waals surface area (Å²) in [6, 6.07) is 0. The van der Waals surface area contributed by atoms with Crippen LogP contribution in [0.4, 0.5) is 13.2 Å². The molecule has 0 rings (SSSR count). The molecule has 1 amide bonds. The Morgan fingerprint density at radius 3 is 1.94 bits per heavy atom. The van der Waals surface area contributed by atoms with Gasteiger partial charge in [0.05, 0.1) is 0 Å². The molecule has 0 aliphatic rings. The second kappa shape index (κ2) is 5.70. The van der Waals surface area contributed by atoms with Gasteiger partial charge in [0.15, 0.2) is 5.78 Å². The molecule has 0 aromatic carbocycles. The number of Topliss-reactive ketones (excluding diaryl/α,β-unsaturated/α-hetero) is 1. The fourth-order valence-electron chi connectivity index (χ4n) is 1.07. The maximum absolute atomic E-state index is 12.2. The number of carbonyl (C=O) groups is 2. The molecule has 0 unspecified atom stereocenters. The Morgan fingerprint density at radius 1 is 1.18 bits per heavy atom. The molecule has 0 aromatic heterocycles. The number of carbonyl (C=O) groups excluding carboxylic acids is 2. The van der Waals surface area contributed by atoms with Gasteiger partial charge >= 0.3 is 12.1 Å². The van der Waals surface area contributed by atoms with Gasteiger partial charge in [-0.25, -0.2) is 0 Å². The van der Waals surface area contributed by atoms with E-state index in [1.165, 1.54) is 18.0 Å². The Kier molecular flexibility index (Phi) is 5.18. The van der Waals surface area contributed by atoms with Gasteiger partial charge in [-0.2, -0.15) is 13.2 Å². The number of allylic oxidation sites excluding steroid dienone is 1. The zero-order valence-corrected chi connectivity index (χ0v) is 10.1. The second-order valence-electron chi connectivity index (χ2n) is 3.62. The summed E-state index contributed by atoms with van der Waals surface area (Å²) in [5, 5.41) is 0. The van der Waals surface area contributed by atoms with Crippen LogP contribution in [0.15, 0.2) is 11.9 Å². The fraction of sp³-hybridized carbons (Fsp3) is 0.600. The van der Waals surface area contributed by atoms with Crippen molar-refractivity contribution in [3.05, 3.63) is 11.9 Å². The summed E-state index contributed by atoms with van der Waals surface area (Å²) in [7, 11) is 4.03. The van der Waals surface area contributed by atoms with Gasteiger partial charge in [0.25, 0.3) is 0 Å². The van der Waals surface area contributed by atoms with Crippen LogP contribution in [0.5, 0.6) is 0 Å². The summed E-state index contributed by atoms with van der Waals surface area (Å²) >= 11 is 0. The van der Waals surface area contributed by atoms with Crippen LogP contribution in [-0.4, -0.2) is 48.8 Å². The number of hydrogen-bond donors (Lipinski definition) is 0. The summed E-state index contributed by atoms with van der Waals surface area (Å²) in [6.45, 7) is 1.51. The van der Waals surface area contributed by atoms with Crippen LogP contribution in [0.3, 0.4) is 0 Å². The lowest BCUT2D eigenvalue weighted by atomic mass is 10.2. The van der Waals surface area contributed by atoms with Crippen LogP contribution in [0, 0.1) is 0 Å². The van der Waals surface area contributed by atoms with E-state index in [9.17, 15) is 22.8 Å². The summed E-state index contributed by atoms with van der Waals surface area (Å²) < 4.78 is 36.7. The van der Waals surface area contributed by atoms with Gasteiger partial charge in [-0.05, 0) is 0 Å². The first-order valence-corrected chi connectivity index (χ1v) is 4.87. The molecular weight excluding hydrogens is 237 g/mol. The minimum absolute atomic E-state index is 0.0230. The van der Waals surface area contributed by atoms with Crippen LogP contribution in [-0.2, 0) is 9.59 Å². The lowest BCUT2D eigenvalue weighted by Gasteiger charge is -2.22. The Hall–Kier alpha value is -1.53. The molecule has 0 radical (unpaired) electrons. The zero-order valence-electron chi connectivity index (χ0n) is 10.1. The summed E-state index contributed by atoms with van der Waals surface area (Å²) in [5.41, 5.74) is -0.278. The normalized spacial score (nSPS) is 12.3. The molecule has 98 valence electrons. The first-order valence-electron chi connectivity index (χ1n) is 4.87. The van der Waals surface area contributed by atoms with Crippen molar-refractivity contribution in [2.24, 2.45) is 0 Å². The van der Waals surface area contributed by atoms with E-state index in [1.807, 2.05) is 0 Å². The Morgan fingerprint density at radius 2 is 1.65 bits per heavy atom. The number of hydrogen-bond acceptors (Lipinski definition) is 3. The number of rotatable bonds is 4. The van der Waals surface area contributed by atoms with Crippen LogP contribution < -0.4 is 0 Å². The summed E-state index contributed by atoms with van der Waals surface area (Å²) in [4.78, 5) is 24.2. The van der Waals surface area contributed by atoms with Crippen molar-refractivity contribution in [1.82, 2.24) is 9.80 Å². The van der Waals surface area contributed by atoms with E-state index in [1.54, 1.807) is 14.1 Å². The highest BCUT2D eigenvalue weighted by Crippen LogP contribution is 2.20. The number of amides is 1. The van der Waals surface area contributed by atoms with E-state index in [-0.39, 0.29) is 12.1 Å². The van der Waals surface area contributed by atoms with Gasteiger partial charge in [-0.1, -0.05) is 6.92 Å². The first-order chi connectivity index (χ1) is 7.61. The van der Waals surface area contributed by atoms with Crippen LogP contribution in [0.2, 0.25) is 0 Å². The summed E-state index contributed by atoms with van der Waals surface area (Å²) in [6.07, 6.45) is -3.78. The smallest absolute Gasteiger partial charge is 0.382 e. The Bertz CT molecular complexity index is 335. The zero-order chi connectivity index (χ0) is 13.8. The SMILES string of the molecule is CCC(=O)/C(=C\N(C)C)N(C)C(=O)C(F)(F)F. The third-order valence-corrected chi connectivity index (χ3v) is 1.90. The third-order valence-electron chi connectivity index (χ3n) is 1.90. The molecule has 0 fully saturated rings. The topological polar surface area (TPSA) is 40.6 Å². The quantitative estimate of drug-likeness (QED) is 0.710. The van der Waals surface area contributed by atoms with Crippen molar-refractivity contribution in [2.45, 2.75) is 19.5 Å². The maximum Gasteiger partial charge on any atom is 0.471 e. The number of nitrogens with zero attached hydrogens (tertiary/aromatic N) is 2. The van der Waals surface area contributed by atoms with Gasteiger partial charge in [-0.15, -0.1) is 0 Å². The minimum Gasteiger partial charge on any atom is -0.382 e. The van der Waals surface area contributed by atoms with E-state index in [0.29, 0.717) is 4.90 Å². The standard InChI is InChI=1S/C10H15F3N2O2/c1-5-8(16)7(6-14(2)3)15(4)9(17)10(11,12)13/h6H,5H2,1-4H3/b7-6+. The van der Waals surface area contributed by atoms with Crippen molar-refractivity contribution >= 4 is 11.7 Å². The monoisotopic (exact) mass is 252 g/mol. The number of ketones is 1. The molecule has 17 heavy (non-hydrogen) atoms. The molecule has 4 nitrogen and oxygen atoms in total. The highest BCUT2D eigenvalue weighted by Gasteiger charge is 2.42. The molecular formula is C10H15F3N2O2. The molecule has 0 atom stereocenters. The molecule has 7 heteroatoms. The Labute approximate surface area is 97.7 Å². The number of likely N-dealkylation sites (N-methyl/N-ethyl adjacent to an activating group) is 1. The number of halogens is 3. The third kappa shape index (κ3) is 4.46. The molecule has 0 aromatic rings. The molecule has 0 N–H and O–H groups in total. The van der Waals surface area contributed by atoms with Gasteiger partial charge in [0.1, 0.15) is 5.70 Å². The molecule has 0 saturated heterocycles. The minimum atomic E-state index is -4.99. The molecule has 0 heterocycles. The van der Waals surface area contributed by atoms with Crippen LogP contribution in [0.1, 0.15) is 13.3 Å². The maximum atomic E-state index is 12.2. The molecule has 0 spiro atoms. The van der Waals surface area contributed by atoms with E-state index in [0.717, 1.165) is 7.05 Å². The largest absolute Gasteiger partial charge is 0.471 e. The van der Waals surface area contributed by atoms with Gasteiger partial charge in [0, 0.05) is 33.8 Å². The lowest BCUT2D eigenvalue weighted by Crippen LogP contribution is -2.40. The highest BCUT2D eigenvalue weighted by atomic mass is 19.4. The van der Waals surface area contributed by atoms with Crippen molar-refractivity contribution in [1.29, 1.82) is 0 Å². The van der Waals surface area contributed by atoms with Crippen molar-refractivity contribution in [2.75, 3.05) is 21.1 Å². The van der Waals surface area contributed by atoms with Crippen molar-refractivity contribution in [3.8, 4) is 0 Å². The van der Waals surface area contributed by atoms with E-state index >= 15 is 0 Å². The second-order valence-corrected chi connectivity index (χ2v) is 3.62. The van der Waals surface area contributed by atoms with Gasteiger partial charge in [0.2, 0.25) is 0 Å². The molecule has 0 aliphatic carbocycles. The summed E-state index contributed by atoms with van der Waals surface area (Å²) in [5.74, 6) is -2.59. The van der Waals surface area contributed by atoms with Crippen molar-refractivity contribution < 1.29 is 22.8 Å². The van der Waals surface area contributed by atoms with Crippen molar-refractivity contribution in [3.63, 3.8) is 0 Å². The molecule has 0 bridgehead atoms. The Balaban J connectivity index is 5.22. The lowest BCUT2D eigenvalue weighted by molar-refractivity contribution is -0.182. The van der Waals surface area contributed by atoms with E-state index in [2.05, 4.69) is 0 Å². The highest BCUT2D eigenvalue weighted by molar-refractivity contribution is 5.99.